The molecule has 0 aliphatic heterocycles. The molecular weight excluding hydrogens is 301 g/mol. The van der Waals surface area contributed by atoms with Crippen LogP contribution in [0.1, 0.15) is 17.3 Å². The summed E-state index contributed by atoms with van der Waals surface area (Å²) in [5.74, 6) is -0.291. The fourth-order valence-electron chi connectivity index (χ4n) is 1.51. The second-order valence-electron chi connectivity index (χ2n) is 3.74. The van der Waals surface area contributed by atoms with Gasteiger partial charge in [0.25, 0.3) is 0 Å². The van der Waals surface area contributed by atoms with Gasteiger partial charge in [0, 0.05) is 10.7 Å². The van der Waals surface area contributed by atoms with Gasteiger partial charge in [-0.2, -0.15) is 0 Å². The normalized spacial score (nSPS) is 10.2. The van der Waals surface area contributed by atoms with Crippen LogP contribution in [0.15, 0.2) is 30.6 Å². The first-order valence-electron chi connectivity index (χ1n) is 5.82. The summed E-state index contributed by atoms with van der Waals surface area (Å²) in [6, 6.07) is 6.95. The van der Waals surface area contributed by atoms with E-state index in [1.165, 1.54) is 6.33 Å². The van der Waals surface area contributed by atoms with Gasteiger partial charge < -0.3 is 10.1 Å². The summed E-state index contributed by atoms with van der Waals surface area (Å²) in [6.07, 6.45) is 1.27. The molecule has 0 fully saturated rings. The van der Waals surface area contributed by atoms with Gasteiger partial charge in [-0.1, -0.05) is 23.2 Å². The standard InChI is InChI=1S/C13H11Cl2N3O2/c1-2-20-13(19)10-11(15)16-7-17-12(10)18-9-5-3-8(14)4-6-9/h3-7H,2H2,1H3,(H,16,17,18). The van der Waals surface area contributed by atoms with Crippen molar-refractivity contribution in [3.63, 3.8) is 0 Å². The van der Waals surface area contributed by atoms with Gasteiger partial charge in [0.15, 0.2) is 0 Å². The quantitative estimate of drug-likeness (QED) is 0.689. The molecule has 0 atom stereocenters. The zero-order valence-electron chi connectivity index (χ0n) is 10.6. The molecule has 0 saturated carbocycles. The number of carbonyl (C=O) groups is 1. The molecule has 0 aliphatic carbocycles. The molecule has 1 aromatic heterocycles. The average molecular weight is 312 g/mol. The molecule has 5 nitrogen and oxygen atoms in total. The topological polar surface area (TPSA) is 64.1 Å². The van der Waals surface area contributed by atoms with Crippen molar-refractivity contribution in [1.82, 2.24) is 9.97 Å². The predicted octanol–water partition coefficient (Wildman–Crippen LogP) is 3.70. The van der Waals surface area contributed by atoms with Crippen molar-refractivity contribution in [2.75, 3.05) is 11.9 Å². The lowest BCUT2D eigenvalue weighted by molar-refractivity contribution is 0.0527. The lowest BCUT2D eigenvalue weighted by Crippen LogP contribution is -2.11. The number of rotatable bonds is 4. The van der Waals surface area contributed by atoms with Gasteiger partial charge in [0.2, 0.25) is 0 Å². The number of esters is 1. The monoisotopic (exact) mass is 311 g/mol. The summed E-state index contributed by atoms with van der Waals surface area (Å²) in [6.45, 7) is 1.95. The van der Waals surface area contributed by atoms with Crippen LogP contribution in [0.25, 0.3) is 0 Å². The van der Waals surface area contributed by atoms with Crippen LogP contribution in [0.3, 0.4) is 0 Å². The average Bonchev–Trinajstić information content (AvgIpc) is 2.42. The first-order valence-corrected chi connectivity index (χ1v) is 6.57. The maximum absolute atomic E-state index is 11.9. The van der Waals surface area contributed by atoms with Crippen molar-refractivity contribution >= 4 is 40.7 Å². The van der Waals surface area contributed by atoms with Crippen LogP contribution in [-0.2, 0) is 4.74 Å². The molecule has 0 saturated heterocycles. The van der Waals surface area contributed by atoms with E-state index in [1.54, 1.807) is 31.2 Å². The molecule has 0 aliphatic rings. The van der Waals surface area contributed by atoms with Crippen LogP contribution in [0.2, 0.25) is 10.2 Å². The Balaban J connectivity index is 2.34. The van der Waals surface area contributed by atoms with Crippen LogP contribution in [0, 0.1) is 0 Å². The highest BCUT2D eigenvalue weighted by Crippen LogP contribution is 2.24. The van der Waals surface area contributed by atoms with Gasteiger partial charge >= 0.3 is 5.97 Å². The zero-order valence-corrected chi connectivity index (χ0v) is 12.1. The summed E-state index contributed by atoms with van der Waals surface area (Å²) in [7, 11) is 0. The third kappa shape index (κ3) is 3.37. The lowest BCUT2D eigenvalue weighted by atomic mass is 10.2. The first-order chi connectivity index (χ1) is 9.61. The summed E-state index contributed by atoms with van der Waals surface area (Å²) in [5, 5.41) is 3.63. The minimum Gasteiger partial charge on any atom is -0.462 e. The molecule has 2 rings (SSSR count). The van der Waals surface area contributed by atoms with E-state index in [2.05, 4.69) is 15.3 Å². The molecule has 2 aromatic rings. The molecule has 104 valence electrons. The van der Waals surface area contributed by atoms with Crippen LogP contribution < -0.4 is 5.32 Å². The molecule has 0 spiro atoms. The van der Waals surface area contributed by atoms with Gasteiger partial charge in [0.05, 0.1) is 6.61 Å². The minimum atomic E-state index is -0.574. The lowest BCUT2D eigenvalue weighted by Gasteiger charge is -2.11. The number of carbonyl (C=O) groups excluding carboxylic acids is 1. The summed E-state index contributed by atoms with van der Waals surface area (Å²) in [5.41, 5.74) is 0.820. The fourth-order valence-corrected chi connectivity index (χ4v) is 1.85. The Labute approximate surface area is 125 Å². The molecule has 0 amide bonds. The number of anilines is 2. The Hall–Kier alpha value is -1.85. The first kappa shape index (κ1) is 14.6. The largest absolute Gasteiger partial charge is 0.462 e. The van der Waals surface area contributed by atoms with Gasteiger partial charge in [-0.25, -0.2) is 14.8 Å². The van der Waals surface area contributed by atoms with Crippen LogP contribution in [0.4, 0.5) is 11.5 Å². The number of nitrogens with one attached hydrogen (secondary N) is 1. The Kier molecular flexibility index (Phi) is 4.76. The molecule has 1 N–H and O–H groups in total. The Morgan fingerprint density at radius 3 is 2.60 bits per heavy atom. The Morgan fingerprint density at radius 2 is 1.95 bits per heavy atom. The SMILES string of the molecule is CCOC(=O)c1c(Cl)ncnc1Nc1ccc(Cl)cc1. The molecule has 7 heteroatoms. The van der Waals surface area contributed by atoms with E-state index >= 15 is 0 Å². The van der Waals surface area contributed by atoms with Crippen LogP contribution in [0.5, 0.6) is 0 Å². The highest BCUT2D eigenvalue weighted by molar-refractivity contribution is 6.33. The Morgan fingerprint density at radius 1 is 1.25 bits per heavy atom. The molecule has 0 unspecified atom stereocenters. The molecular formula is C13H11Cl2N3O2. The van der Waals surface area contributed by atoms with Crippen molar-refractivity contribution in [3.8, 4) is 0 Å². The zero-order chi connectivity index (χ0) is 14.5. The third-order valence-electron chi connectivity index (χ3n) is 2.39. The number of aromatic nitrogens is 2. The smallest absolute Gasteiger partial charge is 0.345 e. The maximum atomic E-state index is 11.9. The van der Waals surface area contributed by atoms with Gasteiger partial charge in [0.1, 0.15) is 22.9 Å². The van der Waals surface area contributed by atoms with Crippen molar-refractivity contribution in [3.05, 3.63) is 46.3 Å². The van der Waals surface area contributed by atoms with Crippen LogP contribution >= 0.6 is 23.2 Å². The van der Waals surface area contributed by atoms with Gasteiger partial charge in [-0.3, -0.25) is 0 Å². The van der Waals surface area contributed by atoms with E-state index in [9.17, 15) is 4.79 Å². The van der Waals surface area contributed by atoms with Crippen molar-refractivity contribution in [2.24, 2.45) is 0 Å². The summed E-state index contributed by atoms with van der Waals surface area (Å²) < 4.78 is 4.94. The maximum Gasteiger partial charge on any atom is 0.345 e. The molecule has 20 heavy (non-hydrogen) atoms. The number of nitrogens with zero attached hydrogens (tertiary/aromatic N) is 2. The van der Waals surface area contributed by atoms with Gasteiger partial charge in [-0.15, -0.1) is 0 Å². The summed E-state index contributed by atoms with van der Waals surface area (Å²) >= 11 is 11.8. The number of halogens is 2. The number of hydrogen-bond donors (Lipinski definition) is 1. The van der Waals surface area contributed by atoms with E-state index in [4.69, 9.17) is 27.9 Å². The Bertz CT molecular complexity index is 618. The van der Waals surface area contributed by atoms with Gasteiger partial charge in [-0.05, 0) is 31.2 Å². The predicted molar refractivity (Wildman–Crippen MR) is 77.7 cm³/mol. The molecule has 1 aromatic carbocycles. The molecule has 0 bridgehead atoms. The van der Waals surface area contributed by atoms with Crippen molar-refractivity contribution < 1.29 is 9.53 Å². The second-order valence-corrected chi connectivity index (χ2v) is 4.53. The van der Waals surface area contributed by atoms with Crippen molar-refractivity contribution in [1.29, 1.82) is 0 Å². The second kappa shape index (κ2) is 6.54. The number of ether oxygens (including phenoxy) is 1. The third-order valence-corrected chi connectivity index (χ3v) is 2.93. The number of benzene rings is 1. The fraction of sp³-hybridized carbons (Fsp3) is 0.154. The number of hydrogen-bond acceptors (Lipinski definition) is 5. The van der Waals surface area contributed by atoms with E-state index in [0.717, 1.165) is 5.69 Å². The summed E-state index contributed by atoms with van der Waals surface area (Å²) in [4.78, 5) is 19.7. The van der Waals surface area contributed by atoms with Crippen molar-refractivity contribution in [2.45, 2.75) is 6.92 Å². The molecule has 0 radical (unpaired) electrons. The minimum absolute atomic E-state index is 0.0370. The van der Waals surface area contributed by atoms with E-state index in [1.807, 2.05) is 0 Å². The van der Waals surface area contributed by atoms with E-state index in [0.29, 0.717) is 5.02 Å². The van der Waals surface area contributed by atoms with E-state index < -0.39 is 5.97 Å². The van der Waals surface area contributed by atoms with E-state index in [-0.39, 0.29) is 23.1 Å². The highest BCUT2D eigenvalue weighted by Gasteiger charge is 2.19. The molecule has 1 heterocycles. The highest BCUT2D eigenvalue weighted by atomic mass is 35.5. The van der Waals surface area contributed by atoms with Crippen LogP contribution in [-0.4, -0.2) is 22.5 Å².